The minimum absolute atomic E-state index is 0.0383. The molecule has 0 radical (unpaired) electrons. The van der Waals surface area contributed by atoms with E-state index in [0.717, 1.165) is 16.7 Å². The van der Waals surface area contributed by atoms with Crippen LogP contribution in [0.25, 0.3) is 0 Å². The summed E-state index contributed by atoms with van der Waals surface area (Å²) in [6.07, 6.45) is 0.362. The third kappa shape index (κ3) is 3.38. The molecule has 0 fully saturated rings. The number of hydrogen-bond acceptors (Lipinski definition) is 2. The minimum atomic E-state index is 0.0383. The van der Waals surface area contributed by atoms with E-state index in [1.54, 1.807) is 12.1 Å². The van der Waals surface area contributed by atoms with Crippen molar-refractivity contribution in [1.29, 1.82) is 0 Å². The van der Waals surface area contributed by atoms with Gasteiger partial charge in [-0.3, -0.25) is 9.59 Å². The molecule has 0 aromatic heterocycles. The molecule has 96 valence electrons. The van der Waals surface area contributed by atoms with Crippen LogP contribution in [0.4, 0.5) is 0 Å². The fourth-order valence-electron chi connectivity index (χ4n) is 1.88. The number of aryl methyl sites for hydroxylation is 1. The molecule has 0 aliphatic heterocycles. The molecule has 0 spiro atoms. The Balaban J connectivity index is 2.10. The third-order valence-electron chi connectivity index (χ3n) is 3.10. The van der Waals surface area contributed by atoms with Gasteiger partial charge in [0.1, 0.15) is 0 Å². The summed E-state index contributed by atoms with van der Waals surface area (Å²) in [5.74, 6) is 0.131. The predicted octanol–water partition coefficient (Wildman–Crippen LogP) is 3.62. The molecular formula is C17H16O2. The molecule has 0 amide bonds. The van der Waals surface area contributed by atoms with Crippen LogP contribution in [-0.2, 0) is 6.42 Å². The highest BCUT2D eigenvalue weighted by molar-refractivity contribution is 5.98. The van der Waals surface area contributed by atoms with E-state index in [4.69, 9.17) is 0 Å². The number of carbonyl (C=O) groups excluding carboxylic acids is 2. The monoisotopic (exact) mass is 252 g/mol. The summed E-state index contributed by atoms with van der Waals surface area (Å²) in [6, 6.07) is 14.8. The summed E-state index contributed by atoms with van der Waals surface area (Å²) in [6.45, 7) is 3.53. The van der Waals surface area contributed by atoms with E-state index in [-0.39, 0.29) is 11.6 Å². The highest BCUT2D eigenvalue weighted by atomic mass is 16.1. The lowest BCUT2D eigenvalue weighted by molar-refractivity contribution is 0.0991. The lowest BCUT2D eigenvalue weighted by Crippen LogP contribution is -2.03. The number of Topliss-reactive ketones (excluding diaryl/α,β-unsaturated/α-hetero) is 2. The Hall–Kier alpha value is -2.22. The van der Waals surface area contributed by atoms with Crippen molar-refractivity contribution in [3.63, 3.8) is 0 Å². The first-order chi connectivity index (χ1) is 9.06. The molecule has 2 aromatic carbocycles. The molecule has 0 atom stereocenters. The summed E-state index contributed by atoms with van der Waals surface area (Å²) in [4.78, 5) is 23.2. The van der Waals surface area contributed by atoms with Crippen molar-refractivity contribution < 1.29 is 9.59 Å². The minimum Gasteiger partial charge on any atom is -0.295 e. The van der Waals surface area contributed by atoms with Crippen molar-refractivity contribution in [1.82, 2.24) is 0 Å². The molecule has 0 saturated heterocycles. The standard InChI is InChI=1S/C17H16O2/c1-12-3-7-16(8-4-12)17(19)11-14-5-9-15(10-6-14)13(2)18/h3-10H,11H2,1-2H3. The number of hydrogen-bond donors (Lipinski definition) is 0. The van der Waals surface area contributed by atoms with Crippen LogP contribution in [0.5, 0.6) is 0 Å². The van der Waals surface area contributed by atoms with Crippen molar-refractivity contribution >= 4 is 11.6 Å². The quantitative estimate of drug-likeness (QED) is 0.779. The molecule has 0 heterocycles. The smallest absolute Gasteiger partial charge is 0.167 e. The SMILES string of the molecule is CC(=O)c1ccc(CC(=O)c2ccc(C)cc2)cc1. The zero-order valence-corrected chi connectivity index (χ0v) is 11.1. The van der Waals surface area contributed by atoms with Gasteiger partial charge in [-0.2, -0.15) is 0 Å². The van der Waals surface area contributed by atoms with Gasteiger partial charge in [-0.05, 0) is 19.4 Å². The summed E-state index contributed by atoms with van der Waals surface area (Å²) in [5, 5.41) is 0. The first kappa shape index (κ1) is 13.2. The second-order valence-corrected chi connectivity index (χ2v) is 4.72. The highest BCUT2D eigenvalue weighted by Crippen LogP contribution is 2.10. The molecular weight excluding hydrogens is 236 g/mol. The fourth-order valence-corrected chi connectivity index (χ4v) is 1.88. The Morgan fingerprint density at radius 2 is 1.37 bits per heavy atom. The molecule has 2 rings (SSSR count). The normalized spacial score (nSPS) is 10.2. The summed E-state index contributed by atoms with van der Waals surface area (Å²) in [7, 11) is 0. The van der Waals surface area contributed by atoms with E-state index in [1.807, 2.05) is 43.3 Å². The summed E-state index contributed by atoms with van der Waals surface area (Å²) < 4.78 is 0. The Morgan fingerprint density at radius 3 is 1.89 bits per heavy atom. The number of benzene rings is 2. The Labute approximate surface area is 113 Å². The van der Waals surface area contributed by atoms with Crippen molar-refractivity contribution in [2.45, 2.75) is 20.3 Å². The van der Waals surface area contributed by atoms with Gasteiger partial charge >= 0.3 is 0 Å². The van der Waals surface area contributed by atoms with Crippen LogP contribution in [0.15, 0.2) is 48.5 Å². The second-order valence-electron chi connectivity index (χ2n) is 4.72. The molecule has 0 aliphatic rings. The number of carbonyl (C=O) groups is 2. The Bertz CT molecular complexity index is 592. The van der Waals surface area contributed by atoms with Gasteiger partial charge in [-0.25, -0.2) is 0 Å². The zero-order chi connectivity index (χ0) is 13.8. The Morgan fingerprint density at radius 1 is 0.842 bits per heavy atom. The summed E-state index contributed by atoms with van der Waals surface area (Å²) >= 11 is 0. The van der Waals surface area contributed by atoms with Gasteiger partial charge in [0.25, 0.3) is 0 Å². The lowest BCUT2D eigenvalue weighted by Gasteiger charge is -2.03. The van der Waals surface area contributed by atoms with Gasteiger partial charge in [0.05, 0.1) is 0 Å². The molecule has 2 nitrogen and oxygen atoms in total. The highest BCUT2D eigenvalue weighted by Gasteiger charge is 2.07. The number of rotatable bonds is 4. The fraction of sp³-hybridized carbons (Fsp3) is 0.176. The molecule has 0 unspecified atom stereocenters. The van der Waals surface area contributed by atoms with E-state index >= 15 is 0 Å². The van der Waals surface area contributed by atoms with Crippen LogP contribution in [0.3, 0.4) is 0 Å². The van der Waals surface area contributed by atoms with Crippen molar-refractivity contribution in [2.75, 3.05) is 0 Å². The van der Waals surface area contributed by atoms with Gasteiger partial charge in [0, 0.05) is 17.5 Å². The predicted molar refractivity (Wildman–Crippen MR) is 75.7 cm³/mol. The second kappa shape index (κ2) is 5.61. The lowest BCUT2D eigenvalue weighted by atomic mass is 10.0. The van der Waals surface area contributed by atoms with E-state index in [9.17, 15) is 9.59 Å². The van der Waals surface area contributed by atoms with E-state index in [1.165, 1.54) is 6.92 Å². The largest absolute Gasteiger partial charge is 0.295 e. The maximum absolute atomic E-state index is 12.1. The van der Waals surface area contributed by atoms with Gasteiger partial charge in [0.15, 0.2) is 11.6 Å². The first-order valence-corrected chi connectivity index (χ1v) is 6.26. The third-order valence-corrected chi connectivity index (χ3v) is 3.10. The van der Waals surface area contributed by atoms with Gasteiger partial charge < -0.3 is 0 Å². The summed E-state index contributed by atoms with van der Waals surface area (Å²) in [5.41, 5.74) is 3.46. The zero-order valence-electron chi connectivity index (χ0n) is 11.1. The van der Waals surface area contributed by atoms with Crippen molar-refractivity contribution in [3.8, 4) is 0 Å². The van der Waals surface area contributed by atoms with E-state index in [0.29, 0.717) is 12.0 Å². The molecule has 0 saturated carbocycles. The van der Waals surface area contributed by atoms with Gasteiger partial charge in [-0.1, -0.05) is 54.1 Å². The molecule has 19 heavy (non-hydrogen) atoms. The van der Waals surface area contributed by atoms with Crippen LogP contribution in [0.1, 0.15) is 38.8 Å². The average Bonchev–Trinajstić information content (AvgIpc) is 2.40. The van der Waals surface area contributed by atoms with E-state index in [2.05, 4.69) is 0 Å². The van der Waals surface area contributed by atoms with Crippen LogP contribution in [0, 0.1) is 6.92 Å². The van der Waals surface area contributed by atoms with Crippen LogP contribution >= 0.6 is 0 Å². The van der Waals surface area contributed by atoms with Crippen molar-refractivity contribution in [3.05, 3.63) is 70.8 Å². The van der Waals surface area contributed by atoms with Crippen LogP contribution < -0.4 is 0 Å². The topological polar surface area (TPSA) is 34.1 Å². The van der Waals surface area contributed by atoms with Gasteiger partial charge in [-0.15, -0.1) is 0 Å². The molecule has 0 N–H and O–H groups in total. The molecule has 0 aliphatic carbocycles. The van der Waals surface area contributed by atoms with Gasteiger partial charge in [0.2, 0.25) is 0 Å². The number of ketones is 2. The van der Waals surface area contributed by atoms with Crippen LogP contribution in [-0.4, -0.2) is 11.6 Å². The molecule has 0 bridgehead atoms. The molecule has 2 heteroatoms. The first-order valence-electron chi connectivity index (χ1n) is 6.26. The maximum Gasteiger partial charge on any atom is 0.167 e. The van der Waals surface area contributed by atoms with E-state index < -0.39 is 0 Å². The average molecular weight is 252 g/mol. The maximum atomic E-state index is 12.1. The Kier molecular flexibility index (Phi) is 3.91. The van der Waals surface area contributed by atoms with Crippen molar-refractivity contribution in [2.24, 2.45) is 0 Å². The molecule has 2 aromatic rings. The van der Waals surface area contributed by atoms with Crippen LogP contribution in [0.2, 0.25) is 0 Å².